The number of ketones is 1. The first-order valence-electron chi connectivity index (χ1n) is 5.83. The fourth-order valence-corrected chi connectivity index (χ4v) is 2.37. The zero-order chi connectivity index (χ0) is 14.0. The van der Waals surface area contributed by atoms with Crippen LogP contribution in [0.3, 0.4) is 0 Å². The van der Waals surface area contributed by atoms with E-state index < -0.39 is 11.8 Å². The Morgan fingerprint density at radius 3 is 2.58 bits per heavy atom. The van der Waals surface area contributed by atoms with Crippen molar-refractivity contribution in [1.82, 2.24) is 9.80 Å². The van der Waals surface area contributed by atoms with Crippen LogP contribution in [0.1, 0.15) is 10.4 Å². The third-order valence-electron chi connectivity index (χ3n) is 3.03. The second-order valence-corrected chi connectivity index (χ2v) is 5.21. The Kier molecular flexibility index (Phi) is 3.99. The van der Waals surface area contributed by atoms with Crippen molar-refractivity contribution >= 4 is 33.5 Å². The molecule has 0 unspecified atom stereocenters. The number of halogens is 1. The van der Waals surface area contributed by atoms with Crippen LogP contribution in [0.25, 0.3) is 0 Å². The van der Waals surface area contributed by atoms with Gasteiger partial charge in [0.05, 0.1) is 6.54 Å². The van der Waals surface area contributed by atoms with Crippen molar-refractivity contribution in [2.75, 3.05) is 26.7 Å². The lowest BCUT2D eigenvalue weighted by atomic mass is 10.1. The molecule has 0 spiro atoms. The monoisotopic (exact) mass is 324 g/mol. The van der Waals surface area contributed by atoms with Gasteiger partial charge in [0.2, 0.25) is 0 Å². The summed E-state index contributed by atoms with van der Waals surface area (Å²) in [6.07, 6.45) is 0. The van der Waals surface area contributed by atoms with E-state index in [-0.39, 0.29) is 12.3 Å². The molecule has 1 aliphatic rings. The molecule has 2 rings (SSSR count). The third-order valence-corrected chi connectivity index (χ3v) is 3.72. The fraction of sp³-hybridized carbons (Fsp3) is 0.308. The highest BCUT2D eigenvalue weighted by Crippen LogP contribution is 2.17. The van der Waals surface area contributed by atoms with Crippen molar-refractivity contribution in [3.8, 4) is 0 Å². The van der Waals surface area contributed by atoms with Crippen LogP contribution in [-0.4, -0.2) is 54.1 Å². The van der Waals surface area contributed by atoms with Crippen LogP contribution in [0, 0.1) is 0 Å². The van der Waals surface area contributed by atoms with Crippen LogP contribution in [0.2, 0.25) is 0 Å². The second kappa shape index (κ2) is 5.52. The van der Waals surface area contributed by atoms with Crippen molar-refractivity contribution in [2.24, 2.45) is 0 Å². The Balaban J connectivity index is 2.10. The molecule has 100 valence electrons. The summed E-state index contributed by atoms with van der Waals surface area (Å²) in [5, 5.41) is 0. The predicted molar refractivity (Wildman–Crippen MR) is 72.7 cm³/mol. The fourth-order valence-electron chi connectivity index (χ4n) is 1.87. The van der Waals surface area contributed by atoms with Gasteiger partial charge in [0.25, 0.3) is 0 Å². The van der Waals surface area contributed by atoms with Crippen LogP contribution < -0.4 is 0 Å². The Morgan fingerprint density at radius 1 is 1.21 bits per heavy atom. The van der Waals surface area contributed by atoms with Gasteiger partial charge in [-0.25, -0.2) is 0 Å². The van der Waals surface area contributed by atoms with Gasteiger partial charge in [0, 0.05) is 30.2 Å². The molecule has 0 aliphatic carbocycles. The number of amides is 2. The largest absolute Gasteiger partial charge is 0.336 e. The zero-order valence-corrected chi connectivity index (χ0v) is 12.0. The topological polar surface area (TPSA) is 57.7 Å². The number of likely N-dealkylation sites (N-methyl/N-ethyl adjacent to an activating group) is 1. The molecule has 0 bridgehead atoms. The number of benzene rings is 1. The lowest BCUT2D eigenvalue weighted by Gasteiger charge is -2.30. The summed E-state index contributed by atoms with van der Waals surface area (Å²) in [5.74, 6) is -1.36. The molecule has 1 fully saturated rings. The normalized spacial score (nSPS) is 15.9. The average molecular weight is 325 g/mol. The lowest BCUT2D eigenvalue weighted by molar-refractivity contribution is -0.154. The molecule has 1 saturated heterocycles. The Hall–Kier alpha value is -1.69. The first-order chi connectivity index (χ1) is 9.00. The van der Waals surface area contributed by atoms with E-state index >= 15 is 0 Å². The maximum atomic E-state index is 12.1. The lowest BCUT2D eigenvalue weighted by Crippen LogP contribution is -2.54. The summed E-state index contributed by atoms with van der Waals surface area (Å²) < 4.78 is 0.688. The maximum absolute atomic E-state index is 12.1. The highest BCUT2D eigenvalue weighted by atomic mass is 79.9. The first kappa shape index (κ1) is 13.7. The summed E-state index contributed by atoms with van der Waals surface area (Å²) in [6.45, 7) is 0.770. The van der Waals surface area contributed by atoms with Gasteiger partial charge in [-0.3, -0.25) is 14.4 Å². The molecule has 0 N–H and O–H groups in total. The number of carbonyl (C=O) groups is 3. The molecule has 1 aromatic rings. The Bertz CT molecular complexity index is 544. The van der Waals surface area contributed by atoms with Crippen molar-refractivity contribution in [2.45, 2.75) is 0 Å². The molecule has 1 aromatic carbocycles. The summed E-state index contributed by atoms with van der Waals surface area (Å²) >= 11 is 3.30. The van der Waals surface area contributed by atoms with Crippen LogP contribution in [0.15, 0.2) is 28.7 Å². The molecule has 0 atom stereocenters. The first-order valence-corrected chi connectivity index (χ1v) is 6.62. The molecule has 6 heteroatoms. The molecular formula is C13H13BrN2O3. The minimum absolute atomic E-state index is 0.0684. The molecular weight excluding hydrogens is 312 g/mol. The number of carbonyl (C=O) groups excluding carboxylic acids is 3. The van der Waals surface area contributed by atoms with E-state index in [2.05, 4.69) is 15.9 Å². The highest BCUT2D eigenvalue weighted by molar-refractivity contribution is 9.10. The molecule has 5 nitrogen and oxygen atoms in total. The van der Waals surface area contributed by atoms with Gasteiger partial charge in [0.1, 0.15) is 0 Å². The van der Waals surface area contributed by atoms with Gasteiger partial charge < -0.3 is 9.80 Å². The molecule has 2 amide bonds. The highest BCUT2D eigenvalue weighted by Gasteiger charge is 2.31. The number of rotatable bonds is 3. The minimum atomic E-state index is -0.617. The predicted octanol–water partition coefficient (Wildman–Crippen LogP) is 0.932. The van der Waals surface area contributed by atoms with Gasteiger partial charge in [-0.05, 0) is 6.07 Å². The number of hydrogen-bond acceptors (Lipinski definition) is 3. The number of hydrogen-bond donors (Lipinski definition) is 0. The minimum Gasteiger partial charge on any atom is -0.336 e. The van der Waals surface area contributed by atoms with Crippen molar-refractivity contribution in [3.05, 3.63) is 34.3 Å². The van der Waals surface area contributed by atoms with E-state index in [0.717, 1.165) is 0 Å². The van der Waals surface area contributed by atoms with Crippen molar-refractivity contribution in [3.63, 3.8) is 0 Å². The quantitative estimate of drug-likeness (QED) is 0.614. The average Bonchev–Trinajstić information content (AvgIpc) is 2.40. The standard InChI is InChI=1S/C13H13BrN2O3/c1-15-6-7-16(13(19)12(15)18)8-11(17)9-4-2-3-5-10(9)14/h2-5H,6-8H2,1H3. The number of nitrogens with zero attached hydrogens (tertiary/aromatic N) is 2. The third kappa shape index (κ3) is 2.84. The number of piperazine rings is 1. The van der Waals surface area contributed by atoms with Gasteiger partial charge in [-0.2, -0.15) is 0 Å². The summed E-state index contributed by atoms with van der Waals surface area (Å²) in [4.78, 5) is 38.1. The van der Waals surface area contributed by atoms with E-state index in [4.69, 9.17) is 0 Å². The number of Topliss-reactive ketones (excluding diaryl/α,β-unsaturated/α-hetero) is 1. The maximum Gasteiger partial charge on any atom is 0.312 e. The summed E-state index contributed by atoms with van der Waals surface area (Å²) in [7, 11) is 1.58. The molecule has 1 heterocycles. The van der Waals surface area contributed by atoms with Crippen molar-refractivity contribution in [1.29, 1.82) is 0 Å². The van der Waals surface area contributed by atoms with Gasteiger partial charge in [0.15, 0.2) is 5.78 Å². The summed E-state index contributed by atoms with van der Waals surface area (Å²) in [5.41, 5.74) is 0.515. The van der Waals surface area contributed by atoms with E-state index in [0.29, 0.717) is 23.1 Å². The summed E-state index contributed by atoms with van der Waals surface area (Å²) in [6, 6.07) is 7.03. The Morgan fingerprint density at radius 2 is 1.89 bits per heavy atom. The molecule has 1 aliphatic heterocycles. The van der Waals surface area contributed by atoms with E-state index in [1.807, 2.05) is 6.07 Å². The van der Waals surface area contributed by atoms with E-state index in [1.54, 1.807) is 25.2 Å². The van der Waals surface area contributed by atoms with E-state index in [1.165, 1.54) is 9.80 Å². The molecule has 0 radical (unpaired) electrons. The van der Waals surface area contributed by atoms with Crippen LogP contribution >= 0.6 is 15.9 Å². The van der Waals surface area contributed by atoms with Gasteiger partial charge in [-0.15, -0.1) is 0 Å². The van der Waals surface area contributed by atoms with E-state index in [9.17, 15) is 14.4 Å². The molecule has 0 aromatic heterocycles. The zero-order valence-electron chi connectivity index (χ0n) is 10.4. The second-order valence-electron chi connectivity index (χ2n) is 4.36. The Labute approximate surface area is 119 Å². The van der Waals surface area contributed by atoms with Crippen molar-refractivity contribution < 1.29 is 14.4 Å². The van der Waals surface area contributed by atoms with Gasteiger partial charge >= 0.3 is 11.8 Å². The van der Waals surface area contributed by atoms with Crippen LogP contribution in [0.4, 0.5) is 0 Å². The van der Waals surface area contributed by atoms with Crippen LogP contribution in [0.5, 0.6) is 0 Å². The molecule has 0 saturated carbocycles. The molecule has 19 heavy (non-hydrogen) atoms. The van der Waals surface area contributed by atoms with Gasteiger partial charge in [-0.1, -0.05) is 34.1 Å². The van der Waals surface area contributed by atoms with Crippen LogP contribution in [-0.2, 0) is 9.59 Å². The SMILES string of the molecule is CN1CCN(CC(=O)c2ccccc2Br)C(=O)C1=O. The smallest absolute Gasteiger partial charge is 0.312 e.